The Morgan fingerprint density at radius 1 is 1.45 bits per heavy atom. The van der Waals surface area contributed by atoms with E-state index in [9.17, 15) is 4.79 Å². The second kappa shape index (κ2) is 6.69. The van der Waals surface area contributed by atoms with Gasteiger partial charge < -0.3 is 15.0 Å². The largest absolute Gasteiger partial charge is 0.444 e. The number of likely N-dealkylation sites (tertiary alicyclic amines) is 1. The predicted octanol–water partition coefficient (Wildman–Crippen LogP) is 3.25. The van der Waals surface area contributed by atoms with Gasteiger partial charge in [-0.05, 0) is 52.2 Å². The first-order chi connectivity index (χ1) is 10.2. The SMILES string of the molecule is Cc1cc(Cl)nnc1N[C@@H]1CCCN(C(=O)OC(C)(C)C)C1. The highest BCUT2D eigenvalue weighted by Crippen LogP contribution is 2.20. The van der Waals surface area contributed by atoms with E-state index in [1.54, 1.807) is 11.0 Å². The van der Waals surface area contributed by atoms with Crippen LogP contribution in [0.25, 0.3) is 0 Å². The minimum absolute atomic E-state index is 0.135. The van der Waals surface area contributed by atoms with E-state index in [1.807, 2.05) is 27.7 Å². The smallest absolute Gasteiger partial charge is 0.410 e. The van der Waals surface area contributed by atoms with Crippen LogP contribution >= 0.6 is 11.6 Å². The second-order valence-corrected chi connectivity index (χ2v) is 7.00. The summed E-state index contributed by atoms with van der Waals surface area (Å²) in [5.74, 6) is 0.709. The lowest BCUT2D eigenvalue weighted by molar-refractivity contribution is 0.0206. The number of aromatic nitrogens is 2. The molecule has 0 spiro atoms. The third-order valence-electron chi connectivity index (χ3n) is 3.37. The molecule has 1 saturated heterocycles. The Morgan fingerprint density at radius 3 is 2.82 bits per heavy atom. The number of rotatable bonds is 2. The molecule has 0 saturated carbocycles. The molecule has 0 radical (unpaired) electrons. The van der Waals surface area contributed by atoms with Crippen LogP contribution in [0.2, 0.25) is 5.15 Å². The quantitative estimate of drug-likeness (QED) is 0.903. The molecule has 0 unspecified atom stereocenters. The molecular weight excluding hydrogens is 304 g/mol. The molecule has 22 heavy (non-hydrogen) atoms. The summed E-state index contributed by atoms with van der Waals surface area (Å²) in [5.41, 5.74) is 0.463. The molecule has 0 aliphatic carbocycles. The molecule has 1 atom stereocenters. The lowest BCUT2D eigenvalue weighted by Gasteiger charge is -2.34. The Kier molecular flexibility index (Phi) is 5.11. The van der Waals surface area contributed by atoms with Crippen molar-refractivity contribution in [2.24, 2.45) is 0 Å². The van der Waals surface area contributed by atoms with E-state index in [0.29, 0.717) is 17.5 Å². The predicted molar refractivity (Wildman–Crippen MR) is 86.2 cm³/mol. The fourth-order valence-corrected chi connectivity index (χ4v) is 2.58. The van der Waals surface area contributed by atoms with Crippen LogP contribution in [0.3, 0.4) is 0 Å². The topological polar surface area (TPSA) is 67.4 Å². The molecule has 6 nitrogen and oxygen atoms in total. The van der Waals surface area contributed by atoms with Crippen molar-refractivity contribution in [3.8, 4) is 0 Å². The Hall–Kier alpha value is -1.56. The maximum atomic E-state index is 12.2. The summed E-state index contributed by atoms with van der Waals surface area (Å²) in [7, 11) is 0. The molecule has 122 valence electrons. The fraction of sp³-hybridized carbons (Fsp3) is 0.667. The standard InChI is InChI=1S/C15H23ClN4O2/c1-10-8-12(16)18-19-13(10)17-11-6-5-7-20(9-11)14(21)22-15(2,3)4/h8,11H,5-7,9H2,1-4H3,(H,17,19)/t11-/m1/s1. The molecule has 0 aromatic carbocycles. The van der Waals surface area contributed by atoms with Gasteiger partial charge in [0.05, 0.1) is 0 Å². The summed E-state index contributed by atoms with van der Waals surface area (Å²) >= 11 is 5.82. The summed E-state index contributed by atoms with van der Waals surface area (Å²) in [6.07, 6.45) is 1.64. The highest BCUT2D eigenvalue weighted by atomic mass is 35.5. The first-order valence-corrected chi connectivity index (χ1v) is 7.87. The van der Waals surface area contributed by atoms with Crippen molar-refractivity contribution in [2.45, 2.75) is 52.2 Å². The number of anilines is 1. The van der Waals surface area contributed by atoms with E-state index in [0.717, 1.165) is 24.9 Å². The van der Waals surface area contributed by atoms with Gasteiger partial charge in [-0.15, -0.1) is 10.2 Å². The van der Waals surface area contributed by atoms with Crippen LogP contribution in [0.15, 0.2) is 6.07 Å². The molecule has 7 heteroatoms. The van der Waals surface area contributed by atoms with Gasteiger partial charge in [-0.2, -0.15) is 0 Å². The maximum Gasteiger partial charge on any atom is 0.410 e. The molecule has 2 rings (SSSR count). The molecule has 1 fully saturated rings. The third kappa shape index (κ3) is 4.73. The number of hydrogen-bond acceptors (Lipinski definition) is 5. The van der Waals surface area contributed by atoms with Gasteiger partial charge in [0.15, 0.2) is 11.0 Å². The average molecular weight is 327 g/mol. The number of aryl methyl sites for hydroxylation is 1. The Bertz CT molecular complexity index is 545. The summed E-state index contributed by atoms with van der Waals surface area (Å²) in [5, 5.41) is 11.6. The van der Waals surface area contributed by atoms with Crippen molar-refractivity contribution in [1.82, 2.24) is 15.1 Å². The zero-order chi connectivity index (χ0) is 16.3. The molecule has 1 aromatic heterocycles. The van der Waals surface area contributed by atoms with Gasteiger partial charge in [0.2, 0.25) is 0 Å². The van der Waals surface area contributed by atoms with Crippen LogP contribution in [0.1, 0.15) is 39.2 Å². The van der Waals surface area contributed by atoms with E-state index in [2.05, 4.69) is 15.5 Å². The first-order valence-electron chi connectivity index (χ1n) is 7.49. The van der Waals surface area contributed by atoms with E-state index in [1.165, 1.54) is 0 Å². The number of nitrogens with zero attached hydrogens (tertiary/aromatic N) is 3. The first kappa shape index (κ1) is 16.8. The summed E-state index contributed by atoms with van der Waals surface area (Å²) < 4.78 is 5.43. The lowest BCUT2D eigenvalue weighted by atomic mass is 10.1. The normalized spacial score (nSPS) is 19.0. The van der Waals surface area contributed by atoms with Crippen molar-refractivity contribution in [3.63, 3.8) is 0 Å². The minimum atomic E-state index is -0.476. The lowest BCUT2D eigenvalue weighted by Crippen LogP contribution is -2.47. The van der Waals surface area contributed by atoms with Gasteiger partial charge in [0.1, 0.15) is 5.60 Å². The van der Waals surface area contributed by atoms with Gasteiger partial charge >= 0.3 is 6.09 Å². The summed E-state index contributed by atoms with van der Waals surface area (Å²) in [6.45, 7) is 8.86. The van der Waals surface area contributed by atoms with Gasteiger partial charge in [-0.3, -0.25) is 0 Å². The highest BCUT2D eigenvalue weighted by Gasteiger charge is 2.28. The van der Waals surface area contributed by atoms with Gasteiger partial charge in [-0.25, -0.2) is 4.79 Å². The molecule has 1 N–H and O–H groups in total. The van der Waals surface area contributed by atoms with Crippen molar-refractivity contribution in [3.05, 3.63) is 16.8 Å². The number of piperidine rings is 1. The van der Waals surface area contributed by atoms with Crippen LogP contribution in [-0.2, 0) is 4.74 Å². The number of ether oxygens (including phenoxy) is 1. The van der Waals surface area contributed by atoms with Gasteiger partial charge in [0.25, 0.3) is 0 Å². The average Bonchev–Trinajstić information content (AvgIpc) is 2.40. The number of hydrogen-bond donors (Lipinski definition) is 1. The highest BCUT2D eigenvalue weighted by molar-refractivity contribution is 6.29. The van der Waals surface area contributed by atoms with Crippen molar-refractivity contribution < 1.29 is 9.53 Å². The molecule has 2 heterocycles. The molecule has 1 aliphatic heterocycles. The van der Waals surface area contributed by atoms with Gasteiger partial charge in [0, 0.05) is 19.1 Å². The van der Waals surface area contributed by atoms with Crippen molar-refractivity contribution >= 4 is 23.5 Å². The zero-order valence-corrected chi connectivity index (χ0v) is 14.3. The Labute approximate surface area is 136 Å². The second-order valence-electron chi connectivity index (χ2n) is 6.61. The number of carbonyl (C=O) groups excluding carboxylic acids is 1. The number of amides is 1. The fourth-order valence-electron chi connectivity index (χ4n) is 2.38. The van der Waals surface area contributed by atoms with E-state index in [-0.39, 0.29) is 12.1 Å². The van der Waals surface area contributed by atoms with Crippen molar-refractivity contribution in [2.75, 3.05) is 18.4 Å². The van der Waals surface area contributed by atoms with Gasteiger partial charge in [-0.1, -0.05) is 11.6 Å². The van der Waals surface area contributed by atoms with Crippen LogP contribution in [0.4, 0.5) is 10.6 Å². The Morgan fingerprint density at radius 2 is 2.18 bits per heavy atom. The maximum absolute atomic E-state index is 12.2. The van der Waals surface area contributed by atoms with Crippen LogP contribution in [-0.4, -0.2) is 45.9 Å². The van der Waals surface area contributed by atoms with E-state index in [4.69, 9.17) is 16.3 Å². The zero-order valence-electron chi connectivity index (χ0n) is 13.5. The molecule has 1 aromatic rings. The number of carbonyl (C=O) groups is 1. The minimum Gasteiger partial charge on any atom is -0.444 e. The van der Waals surface area contributed by atoms with E-state index < -0.39 is 5.60 Å². The van der Waals surface area contributed by atoms with Crippen LogP contribution in [0, 0.1) is 6.92 Å². The number of nitrogens with one attached hydrogen (secondary N) is 1. The molecule has 1 aliphatic rings. The molecular formula is C15H23ClN4O2. The summed E-state index contributed by atoms with van der Waals surface area (Å²) in [6, 6.07) is 1.90. The third-order valence-corrected chi connectivity index (χ3v) is 3.55. The Balaban J connectivity index is 1.97. The number of halogens is 1. The summed E-state index contributed by atoms with van der Waals surface area (Å²) in [4.78, 5) is 13.9. The van der Waals surface area contributed by atoms with Crippen LogP contribution in [0.5, 0.6) is 0 Å². The monoisotopic (exact) mass is 326 g/mol. The molecule has 1 amide bonds. The van der Waals surface area contributed by atoms with Crippen molar-refractivity contribution in [1.29, 1.82) is 0 Å². The van der Waals surface area contributed by atoms with E-state index >= 15 is 0 Å². The van der Waals surface area contributed by atoms with Crippen LogP contribution < -0.4 is 5.32 Å². The molecule has 0 bridgehead atoms.